The van der Waals surface area contributed by atoms with Crippen molar-refractivity contribution < 1.29 is 188 Å². The van der Waals surface area contributed by atoms with Crippen LogP contribution in [0.2, 0.25) is 0 Å². The van der Waals surface area contributed by atoms with Crippen molar-refractivity contribution in [1.82, 2.24) is 27.0 Å². The summed E-state index contributed by atoms with van der Waals surface area (Å²) in [5.74, 6) is -1.39. The molecular formula is C67H121N7O38. The lowest BCUT2D eigenvalue weighted by molar-refractivity contribution is -0.366. The smallest absolute Gasteiger partial charge is 0.234 e. The number of Topliss-reactive ketones (excluding diaryl/α,β-unsaturated/α-hetero) is 3. The van der Waals surface area contributed by atoms with Gasteiger partial charge in [-0.1, -0.05) is 12.8 Å². The van der Waals surface area contributed by atoms with Gasteiger partial charge in [0.25, 0.3) is 0 Å². The second-order valence-corrected chi connectivity index (χ2v) is 28.1. The fourth-order valence-corrected chi connectivity index (χ4v) is 12.6. The Labute approximate surface area is 644 Å². The number of aliphatic hydroxyl groups excluding tert-OH is 20. The number of nitrogens with one attached hydrogen (secondary N) is 5. The Balaban J connectivity index is 0.000000400. The monoisotopic (exact) mass is 1630 g/mol. The fourth-order valence-electron chi connectivity index (χ4n) is 12.6. The van der Waals surface area contributed by atoms with Crippen molar-refractivity contribution >= 4 is 35.1 Å². The van der Waals surface area contributed by atoms with Crippen LogP contribution >= 0.6 is 0 Å². The van der Waals surface area contributed by atoms with Gasteiger partial charge in [0.15, 0.2) is 37.7 Å². The van der Waals surface area contributed by atoms with Crippen LogP contribution in [0.4, 0.5) is 0 Å². The fraction of sp³-hybridized carbons (Fsp3) is 0.910. The normalized spacial score (nSPS) is 36.9. The van der Waals surface area contributed by atoms with Crippen LogP contribution in [-0.4, -0.2) is 406 Å². The maximum Gasteiger partial charge on any atom is 0.234 e. The molecular weight excluding hydrogens is 1510 g/mol. The van der Waals surface area contributed by atoms with Crippen molar-refractivity contribution in [1.29, 1.82) is 0 Å². The first kappa shape index (κ1) is 98.6. The van der Waals surface area contributed by atoms with E-state index in [9.17, 15) is 131 Å². The molecule has 652 valence electrons. The highest BCUT2D eigenvalue weighted by Gasteiger charge is 2.55. The van der Waals surface area contributed by atoms with Crippen LogP contribution in [0, 0.1) is 0 Å². The zero-order chi connectivity index (χ0) is 83.1. The summed E-state index contributed by atoms with van der Waals surface area (Å²) in [7, 11) is 0. The second kappa shape index (κ2) is 50.7. The number of carbonyl (C=O) groups is 6. The predicted octanol–water partition coefficient (Wildman–Crippen LogP) is -13.1. The van der Waals surface area contributed by atoms with Gasteiger partial charge in [-0.2, -0.15) is 0 Å². The molecule has 0 radical (unpaired) electrons. The van der Waals surface area contributed by atoms with E-state index < -0.39 is 236 Å². The molecule has 0 spiro atoms. The van der Waals surface area contributed by atoms with Crippen LogP contribution in [0.15, 0.2) is 0 Å². The number of ketones is 3. The lowest BCUT2D eigenvalue weighted by Gasteiger charge is -2.46. The summed E-state index contributed by atoms with van der Waals surface area (Å²) in [6.07, 6.45) is -44.0. The van der Waals surface area contributed by atoms with Gasteiger partial charge in [0.1, 0.15) is 164 Å². The topological polar surface area (TPSA) is 730 Å². The highest BCUT2D eigenvalue weighted by atomic mass is 16.8. The van der Waals surface area contributed by atoms with Gasteiger partial charge < -0.3 is 176 Å². The van der Waals surface area contributed by atoms with E-state index in [1.807, 2.05) is 0 Å². The SMILES string of the molecule is CC(=O)[C@H](CCCCN)NNC(=O)CCCCC(=O)CCCO[C@H]1O[C@H](CO[C@H]2O[C@H](CO)[C@@H](O)[C@H](O)[C@@H]2O)[C@@H](O)[C@H](O[C@H]2O[C@H](CO)[C@@H](O)[C@H](O)[C@@H]2O)[C@@H]1O.CC(=O)[C@H](CCCCN)NNC(=O)CCCCC(=O)NCCO[C@H]1O[C@H](CO[C@H]2O[C@H](CO)[C@@H](O)[C@H](O)[C@@H]2O)[C@@H](O)[C@H](O[C@H]2O[C@H](CO)[C@@H](O)[C@H](O)[C@@H]2O)[C@@H]1O. The van der Waals surface area contributed by atoms with Crippen LogP contribution in [0.3, 0.4) is 0 Å². The molecule has 32 atom stereocenters. The number of ether oxygens (including phenoxy) is 12. The summed E-state index contributed by atoms with van der Waals surface area (Å²) in [4.78, 5) is 72.9. The number of nitrogens with two attached hydrogens (primary N) is 2. The van der Waals surface area contributed by atoms with Gasteiger partial charge in [-0.05, 0) is 84.7 Å². The van der Waals surface area contributed by atoms with E-state index in [1.54, 1.807) is 0 Å². The van der Waals surface area contributed by atoms with Crippen molar-refractivity contribution in [3.63, 3.8) is 0 Å². The standard InChI is InChI=1S/C34H61N3O19.C33H60N4O19/c1-16(40)18(9-4-5-11-35)36-37-22(42)10-3-2-7-17(41)8-6-12-51-33-30(50)31(56-34-29(49)27(47)24(44)20(14-39)54-34)25(45)21(55-33)15-52-32-28(48)26(46)23(43)19(13-38)53-32;1-15(40)16(6-4-5-9-34)36-37-21(42)8-3-2-7-20(41)35-10-11-51-32-29(50)30(56-33-28(49)26(47)23(44)18(13-39)54-33)24(45)19(55-32)14-52-31-27(48)25(46)22(43)17(12-38)53-31/h18-21,23-34,36,38-39,43-50H,2-15,35H2,1H3,(H,37,42);16-19,22-33,36,38-39,43-50H,2-14,34H2,1H3,(H,35,41)(H,37,42)/t18-,19+,20+,21+,23+,24+,25+,26-,27-,28-,29-,30-,31-,32-,33-,34+;16-,17+,18+,19+,22+,23+,24+,25-,26-,27-,28-,29-,30-,31-,32-,33+/m00/s1. The van der Waals surface area contributed by atoms with Crippen molar-refractivity contribution in [2.75, 3.05) is 72.5 Å². The van der Waals surface area contributed by atoms with E-state index in [4.69, 9.17) is 68.3 Å². The minimum absolute atomic E-state index is 0.0662. The summed E-state index contributed by atoms with van der Waals surface area (Å²) in [6.45, 7) is -0.925. The summed E-state index contributed by atoms with van der Waals surface area (Å²) in [6, 6.07) is -1.05. The summed E-state index contributed by atoms with van der Waals surface area (Å²) < 4.78 is 66.5. The number of hydrogen-bond donors (Lipinski definition) is 27. The van der Waals surface area contributed by atoms with Crippen molar-refractivity contribution in [3.8, 4) is 0 Å². The number of rotatable bonds is 47. The molecule has 6 aliphatic rings. The largest absolute Gasteiger partial charge is 0.394 e. The molecule has 6 fully saturated rings. The Bertz CT molecular complexity index is 2550. The van der Waals surface area contributed by atoms with E-state index >= 15 is 0 Å². The Kier molecular flexibility index (Phi) is 44.6. The van der Waals surface area contributed by atoms with Gasteiger partial charge in [-0.15, -0.1) is 0 Å². The maximum atomic E-state index is 12.5. The Morgan fingerprint density at radius 1 is 0.339 bits per heavy atom. The molecule has 0 unspecified atom stereocenters. The highest BCUT2D eigenvalue weighted by molar-refractivity contribution is 5.83. The zero-order valence-corrected chi connectivity index (χ0v) is 62.5. The van der Waals surface area contributed by atoms with Crippen LogP contribution in [-0.2, 0) is 85.6 Å². The van der Waals surface area contributed by atoms with E-state index in [0.717, 1.165) is 25.7 Å². The van der Waals surface area contributed by atoms with Crippen LogP contribution in [0.25, 0.3) is 0 Å². The maximum absolute atomic E-state index is 12.5. The second-order valence-electron chi connectivity index (χ2n) is 28.1. The molecule has 0 aromatic carbocycles. The van der Waals surface area contributed by atoms with Gasteiger partial charge in [0, 0.05) is 38.6 Å². The van der Waals surface area contributed by atoms with E-state index in [1.165, 1.54) is 13.8 Å². The summed E-state index contributed by atoms with van der Waals surface area (Å²) in [5, 5.41) is 208. The number of carbonyl (C=O) groups excluding carboxylic acids is 6. The quantitative estimate of drug-likeness (QED) is 0.0199. The molecule has 6 rings (SSSR count). The van der Waals surface area contributed by atoms with Gasteiger partial charge in [-0.25, -0.2) is 10.9 Å². The number of amides is 3. The molecule has 0 saturated carbocycles. The Hall–Kier alpha value is -4.02. The molecule has 3 amide bonds. The molecule has 0 aromatic rings. The van der Waals surface area contributed by atoms with E-state index in [0.29, 0.717) is 51.6 Å². The Morgan fingerprint density at radius 2 is 0.652 bits per heavy atom. The van der Waals surface area contributed by atoms with Crippen molar-refractivity contribution in [2.45, 2.75) is 313 Å². The molecule has 0 aromatic heterocycles. The van der Waals surface area contributed by atoms with E-state index in [2.05, 4.69) is 27.0 Å². The van der Waals surface area contributed by atoms with Gasteiger partial charge in [0.2, 0.25) is 17.7 Å². The number of unbranched alkanes of at least 4 members (excludes halogenated alkanes) is 4. The molecule has 6 saturated heterocycles. The molecule has 112 heavy (non-hydrogen) atoms. The molecule has 0 aliphatic carbocycles. The van der Waals surface area contributed by atoms with Crippen LogP contribution < -0.4 is 38.5 Å². The molecule has 6 heterocycles. The number of hydrogen-bond acceptors (Lipinski definition) is 42. The molecule has 6 aliphatic heterocycles. The lowest BCUT2D eigenvalue weighted by atomic mass is 9.96. The third-order valence-corrected chi connectivity index (χ3v) is 19.5. The molecule has 0 bridgehead atoms. The molecule has 45 heteroatoms. The van der Waals surface area contributed by atoms with Gasteiger partial charge >= 0.3 is 0 Å². The summed E-state index contributed by atoms with van der Waals surface area (Å²) in [5.41, 5.74) is 21.5. The first-order valence-electron chi connectivity index (χ1n) is 37.6. The van der Waals surface area contributed by atoms with Crippen LogP contribution in [0.5, 0.6) is 0 Å². The third-order valence-electron chi connectivity index (χ3n) is 19.5. The molecule has 45 nitrogen and oxygen atoms in total. The minimum Gasteiger partial charge on any atom is -0.394 e. The molecule has 29 N–H and O–H groups in total. The van der Waals surface area contributed by atoms with E-state index in [-0.39, 0.29) is 93.4 Å². The first-order chi connectivity index (χ1) is 53.3. The predicted molar refractivity (Wildman–Crippen MR) is 371 cm³/mol. The van der Waals surface area contributed by atoms with Crippen molar-refractivity contribution in [2.24, 2.45) is 11.5 Å². The third kappa shape index (κ3) is 29.8. The number of hydrazine groups is 2. The van der Waals surface area contributed by atoms with Crippen LogP contribution in [0.1, 0.15) is 117 Å². The average molecular weight is 1630 g/mol. The summed E-state index contributed by atoms with van der Waals surface area (Å²) >= 11 is 0. The Morgan fingerprint density at radius 3 is 1.01 bits per heavy atom. The minimum atomic E-state index is -1.91. The number of aliphatic hydroxyl groups is 20. The lowest BCUT2D eigenvalue weighted by Crippen LogP contribution is -2.65. The van der Waals surface area contributed by atoms with Gasteiger partial charge in [0.05, 0.1) is 64.9 Å². The highest BCUT2D eigenvalue weighted by Crippen LogP contribution is 2.34. The average Bonchev–Trinajstić information content (AvgIpc) is 0.789. The first-order valence-corrected chi connectivity index (χ1v) is 37.6. The zero-order valence-electron chi connectivity index (χ0n) is 62.5. The van der Waals surface area contributed by atoms with Crippen molar-refractivity contribution in [3.05, 3.63) is 0 Å². The van der Waals surface area contributed by atoms with Gasteiger partial charge in [-0.3, -0.25) is 39.6 Å².